The maximum atomic E-state index is 11.5. The lowest BCUT2D eigenvalue weighted by molar-refractivity contribution is -0.116. The van der Waals surface area contributed by atoms with Gasteiger partial charge in [0, 0.05) is 11.1 Å². The zero-order chi connectivity index (χ0) is 27.4. The van der Waals surface area contributed by atoms with Gasteiger partial charge in [-0.3, -0.25) is 0 Å². The van der Waals surface area contributed by atoms with Gasteiger partial charge in [0.1, 0.15) is 11.5 Å². The normalized spacial score (nSPS) is 28.4. The van der Waals surface area contributed by atoms with E-state index in [2.05, 4.69) is 50.0 Å². The lowest BCUT2D eigenvalue weighted by Crippen LogP contribution is -2.54. The van der Waals surface area contributed by atoms with Gasteiger partial charge in [-0.25, -0.2) is 9.59 Å². The van der Waals surface area contributed by atoms with Gasteiger partial charge in [0.05, 0.1) is 11.1 Å². The first kappa shape index (κ1) is 25.2. The Bertz CT molecular complexity index is 1470. The summed E-state index contributed by atoms with van der Waals surface area (Å²) in [5.41, 5.74) is 3.02. The molecule has 0 atom stereocenters. The Morgan fingerprint density at radius 1 is 0.769 bits per heavy atom. The molecule has 4 bridgehead atoms. The summed E-state index contributed by atoms with van der Waals surface area (Å²) in [7, 11) is 0. The molecule has 0 unspecified atom stereocenters. The van der Waals surface area contributed by atoms with Crippen molar-refractivity contribution in [1.82, 2.24) is 0 Å². The molecule has 7 rings (SSSR count). The number of rotatable bonds is 5. The Hall–Kier alpha value is -4.04. The standard InChI is InChI=1S/C34H32O5/c1-33-17-22-15-23(18-33)20-34(2,19-22)30(33)24-7-12-28(13-8-24)39-27-10-4-21(5-11-27)3-6-25-16-26(31(35)36)9-14-29(25)32(37)38/h4-5,7-14,16,22-23,30H,15,17-20H2,1-2H3,(H,35,36)(H,37,38). The highest BCUT2D eigenvalue weighted by Crippen LogP contribution is 2.70. The number of hydrogen-bond acceptors (Lipinski definition) is 3. The fraction of sp³-hybridized carbons (Fsp3) is 0.353. The first-order chi connectivity index (χ1) is 18.6. The highest BCUT2D eigenvalue weighted by molar-refractivity contribution is 5.94. The van der Waals surface area contributed by atoms with Gasteiger partial charge in [0.2, 0.25) is 0 Å². The van der Waals surface area contributed by atoms with Crippen LogP contribution < -0.4 is 4.74 Å². The largest absolute Gasteiger partial charge is 0.478 e. The Morgan fingerprint density at radius 3 is 1.87 bits per heavy atom. The molecule has 3 aromatic rings. The molecule has 0 radical (unpaired) electrons. The zero-order valence-corrected chi connectivity index (χ0v) is 22.2. The maximum Gasteiger partial charge on any atom is 0.336 e. The SMILES string of the molecule is CC12CC3CC(C1)CC(C)(C3)C2c1ccc(Oc2ccc(C#Cc3cc(C(=O)O)ccc3C(=O)O)cc2)cc1. The van der Waals surface area contributed by atoms with Crippen LogP contribution in [0.3, 0.4) is 0 Å². The van der Waals surface area contributed by atoms with Crippen molar-refractivity contribution in [3.8, 4) is 23.3 Å². The highest BCUT2D eigenvalue weighted by atomic mass is 16.5. The number of ether oxygens (including phenoxy) is 1. The third-order valence-electron chi connectivity index (χ3n) is 9.22. The van der Waals surface area contributed by atoms with Crippen molar-refractivity contribution in [3.05, 3.63) is 94.5 Å². The average Bonchev–Trinajstić information content (AvgIpc) is 2.87. The van der Waals surface area contributed by atoms with Crippen LogP contribution in [-0.4, -0.2) is 22.2 Å². The van der Waals surface area contributed by atoms with E-state index >= 15 is 0 Å². The number of benzene rings is 3. The van der Waals surface area contributed by atoms with E-state index in [4.69, 9.17) is 4.74 Å². The van der Waals surface area contributed by atoms with Crippen LogP contribution in [0.5, 0.6) is 11.5 Å². The minimum atomic E-state index is -1.16. The van der Waals surface area contributed by atoms with Crippen LogP contribution in [-0.2, 0) is 0 Å². The van der Waals surface area contributed by atoms with Gasteiger partial charge < -0.3 is 14.9 Å². The Balaban J connectivity index is 1.16. The number of hydrogen-bond donors (Lipinski definition) is 2. The molecule has 0 spiro atoms. The van der Waals surface area contributed by atoms with E-state index in [-0.39, 0.29) is 16.7 Å². The van der Waals surface area contributed by atoms with Gasteiger partial charge in [0.25, 0.3) is 0 Å². The van der Waals surface area contributed by atoms with Gasteiger partial charge in [-0.15, -0.1) is 0 Å². The van der Waals surface area contributed by atoms with E-state index < -0.39 is 11.9 Å². The van der Waals surface area contributed by atoms with Gasteiger partial charge in [-0.05, 0) is 121 Å². The summed E-state index contributed by atoms with van der Waals surface area (Å²) in [4.78, 5) is 22.8. The van der Waals surface area contributed by atoms with Crippen LogP contribution in [0.2, 0.25) is 0 Å². The molecule has 4 aliphatic carbocycles. The van der Waals surface area contributed by atoms with Gasteiger partial charge in [-0.1, -0.05) is 37.8 Å². The number of carboxylic acids is 2. The molecule has 0 heterocycles. The van der Waals surface area contributed by atoms with E-state index in [1.54, 1.807) is 12.1 Å². The Labute approximate surface area is 228 Å². The molecule has 4 fully saturated rings. The summed E-state index contributed by atoms with van der Waals surface area (Å²) in [6, 6.07) is 19.7. The van der Waals surface area contributed by atoms with Gasteiger partial charge in [-0.2, -0.15) is 0 Å². The summed E-state index contributed by atoms with van der Waals surface area (Å²) in [6.45, 7) is 5.04. The second kappa shape index (κ2) is 9.31. The fourth-order valence-corrected chi connectivity index (χ4v) is 8.45. The van der Waals surface area contributed by atoms with Crippen molar-refractivity contribution in [2.24, 2.45) is 22.7 Å². The van der Waals surface area contributed by atoms with E-state index in [9.17, 15) is 19.8 Å². The Kier molecular flexibility index (Phi) is 6.03. The van der Waals surface area contributed by atoms with Gasteiger partial charge >= 0.3 is 11.9 Å². The third-order valence-corrected chi connectivity index (χ3v) is 9.22. The second-order valence-electron chi connectivity index (χ2n) is 12.3. The highest BCUT2D eigenvalue weighted by Gasteiger charge is 2.60. The van der Waals surface area contributed by atoms with Crippen molar-refractivity contribution in [2.75, 3.05) is 0 Å². The maximum absolute atomic E-state index is 11.5. The summed E-state index contributed by atoms with van der Waals surface area (Å²) in [6.07, 6.45) is 6.88. The van der Waals surface area contributed by atoms with Gasteiger partial charge in [0.15, 0.2) is 0 Å². The van der Waals surface area contributed by atoms with Crippen molar-refractivity contribution in [1.29, 1.82) is 0 Å². The van der Waals surface area contributed by atoms with Crippen LogP contribution in [0, 0.1) is 34.5 Å². The minimum Gasteiger partial charge on any atom is -0.478 e. The van der Waals surface area contributed by atoms with Crippen molar-refractivity contribution >= 4 is 11.9 Å². The quantitative estimate of drug-likeness (QED) is 0.339. The number of carboxylic acid groups (broad SMARTS) is 2. The first-order valence-corrected chi connectivity index (χ1v) is 13.6. The van der Waals surface area contributed by atoms with Crippen LogP contribution in [0.25, 0.3) is 0 Å². The molecular formula is C34H32O5. The van der Waals surface area contributed by atoms with E-state index in [1.165, 1.54) is 55.9 Å². The number of carbonyl (C=O) groups is 2. The monoisotopic (exact) mass is 520 g/mol. The smallest absolute Gasteiger partial charge is 0.336 e. The predicted molar refractivity (Wildman–Crippen MR) is 148 cm³/mol. The summed E-state index contributed by atoms with van der Waals surface area (Å²) in [5.74, 6) is 7.33. The zero-order valence-electron chi connectivity index (χ0n) is 22.2. The summed E-state index contributed by atoms with van der Waals surface area (Å²) < 4.78 is 6.11. The lowest BCUT2D eigenvalue weighted by atomic mass is 9.39. The lowest BCUT2D eigenvalue weighted by Gasteiger charge is -2.65. The van der Waals surface area contributed by atoms with Crippen molar-refractivity contribution in [2.45, 2.75) is 51.9 Å². The molecule has 5 nitrogen and oxygen atoms in total. The molecule has 0 aromatic heterocycles. The molecule has 198 valence electrons. The molecule has 2 N–H and O–H groups in total. The van der Waals surface area contributed by atoms with Crippen LogP contribution in [0.4, 0.5) is 0 Å². The molecule has 4 saturated carbocycles. The van der Waals surface area contributed by atoms with Crippen molar-refractivity contribution in [3.63, 3.8) is 0 Å². The second-order valence-corrected chi connectivity index (χ2v) is 12.3. The van der Waals surface area contributed by atoms with Crippen molar-refractivity contribution < 1.29 is 24.5 Å². The predicted octanol–water partition coefficient (Wildman–Crippen LogP) is 7.60. The van der Waals surface area contributed by atoms with Crippen LogP contribution >= 0.6 is 0 Å². The van der Waals surface area contributed by atoms with Crippen LogP contribution in [0.15, 0.2) is 66.7 Å². The summed E-state index contributed by atoms with van der Waals surface area (Å²) >= 11 is 0. The van der Waals surface area contributed by atoms with E-state index in [1.807, 2.05) is 12.1 Å². The van der Waals surface area contributed by atoms with E-state index in [0.29, 0.717) is 28.1 Å². The minimum absolute atomic E-state index is 0.00872. The van der Waals surface area contributed by atoms with E-state index in [0.717, 1.165) is 17.6 Å². The molecule has 0 saturated heterocycles. The first-order valence-electron chi connectivity index (χ1n) is 13.6. The molecule has 4 aliphatic rings. The molecule has 5 heteroatoms. The molecule has 39 heavy (non-hydrogen) atoms. The van der Waals surface area contributed by atoms with Crippen LogP contribution in [0.1, 0.15) is 89.3 Å². The number of aromatic carboxylic acids is 2. The Morgan fingerprint density at radius 2 is 1.33 bits per heavy atom. The molecular weight excluding hydrogens is 488 g/mol. The summed E-state index contributed by atoms with van der Waals surface area (Å²) in [5, 5.41) is 18.6. The topological polar surface area (TPSA) is 83.8 Å². The third kappa shape index (κ3) is 4.69. The molecule has 3 aromatic carbocycles. The fourth-order valence-electron chi connectivity index (χ4n) is 8.45. The molecule has 0 aliphatic heterocycles. The molecule has 0 amide bonds. The average molecular weight is 521 g/mol.